The number of benzene rings is 1. The van der Waals surface area contributed by atoms with Crippen molar-refractivity contribution in [1.29, 1.82) is 0 Å². The van der Waals surface area contributed by atoms with Gasteiger partial charge in [-0.25, -0.2) is 13.1 Å². The second-order valence-electron chi connectivity index (χ2n) is 3.93. The summed E-state index contributed by atoms with van der Waals surface area (Å²) in [5, 5.41) is 9.26. The normalized spacial score (nSPS) is 13.4. The van der Waals surface area contributed by atoms with Crippen LogP contribution >= 0.6 is 0 Å². The Morgan fingerprint density at radius 2 is 1.88 bits per heavy atom. The maximum atomic E-state index is 11.5. The predicted molar refractivity (Wildman–Crippen MR) is 67.6 cm³/mol. The van der Waals surface area contributed by atoms with E-state index in [4.69, 9.17) is 0 Å². The van der Waals surface area contributed by atoms with Crippen molar-refractivity contribution in [2.75, 3.05) is 25.5 Å². The van der Waals surface area contributed by atoms with Crippen LogP contribution in [0.3, 0.4) is 0 Å². The molecule has 0 saturated heterocycles. The van der Waals surface area contributed by atoms with Gasteiger partial charge in [-0.2, -0.15) is 0 Å². The van der Waals surface area contributed by atoms with E-state index in [0.29, 0.717) is 6.54 Å². The van der Waals surface area contributed by atoms with Crippen molar-refractivity contribution >= 4 is 15.7 Å². The molecule has 0 aromatic heterocycles. The zero-order valence-electron chi connectivity index (χ0n) is 10.2. The summed E-state index contributed by atoms with van der Waals surface area (Å²) in [6.45, 7) is 2.20. The lowest BCUT2D eigenvalue weighted by atomic mass is 10.3. The van der Waals surface area contributed by atoms with Gasteiger partial charge in [0.2, 0.25) is 10.0 Å². The van der Waals surface area contributed by atoms with E-state index in [2.05, 4.69) is 4.72 Å². The van der Waals surface area contributed by atoms with Gasteiger partial charge in [0, 0.05) is 19.3 Å². The molecule has 0 spiro atoms. The monoisotopic (exact) mass is 258 g/mol. The van der Waals surface area contributed by atoms with Crippen molar-refractivity contribution in [3.05, 3.63) is 24.3 Å². The Balaban J connectivity index is 2.89. The summed E-state index contributed by atoms with van der Waals surface area (Å²) in [6.07, 6.45) is -0.430. The summed E-state index contributed by atoms with van der Waals surface area (Å²) in [7, 11) is -0.162. The van der Waals surface area contributed by atoms with E-state index in [1.54, 1.807) is 31.2 Å². The number of sulfonamides is 1. The zero-order valence-corrected chi connectivity index (χ0v) is 11.0. The van der Waals surface area contributed by atoms with Crippen LogP contribution in [-0.2, 0) is 10.0 Å². The van der Waals surface area contributed by atoms with Gasteiger partial charge < -0.3 is 10.0 Å². The SMILES string of the molecule is CNS(=O)(=O)c1ccc(N(C)CC(C)O)cc1. The number of hydrogen-bond donors (Lipinski definition) is 2. The van der Waals surface area contributed by atoms with Gasteiger partial charge in [0.25, 0.3) is 0 Å². The molecule has 0 heterocycles. The van der Waals surface area contributed by atoms with Crippen molar-refractivity contribution < 1.29 is 13.5 Å². The van der Waals surface area contributed by atoms with Gasteiger partial charge in [0.1, 0.15) is 0 Å². The third-order valence-electron chi connectivity index (χ3n) is 2.39. The molecule has 0 aliphatic heterocycles. The molecule has 2 N–H and O–H groups in total. The quantitative estimate of drug-likeness (QED) is 0.802. The number of anilines is 1. The van der Waals surface area contributed by atoms with E-state index in [1.807, 2.05) is 11.9 Å². The molecule has 6 heteroatoms. The Bertz CT molecular complexity index is 454. The Morgan fingerprint density at radius 1 is 1.35 bits per heavy atom. The molecule has 1 aromatic rings. The molecule has 1 unspecified atom stereocenters. The number of aliphatic hydroxyl groups is 1. The molecule has 0 radical (unpaired) electrons. The number of nitrogens with one attached hydrogen (secondary N) is 1. The molecule has 0 saturated carbocycles. The van der Waals surface area contributed by atoms with E-state index >= 15 is 0 Å². The molecular weight excluding hydrogens is 240 g/mol. The fourth-order valence-electron chi connectivity index (χ4n) is 1.50. The highest BCUT2D eigenvalue weighted by Gasteiger charge is 2.11. The molecule has 1 aromatic carbocycles. The van der Waals surface area contributed by atoms with Crippen molar-refractivity contribution in [3.63, 3.8) is 0 Å². The zero-order chi connectivity index (χ0) is 13.1. The van der Waals surface area contributed by atoms with Gasteiger partial charge >= 0.3 is 0 Å². The van der Waals surface area contributed by atoms with Gasteiger partial charge in [-0.15, -0.1) is 0 Å². The minimum Gasteiger partial charge on any atom is -0.392 e. The number of hydrogen-bond acceptors (Lipinski definition) is 4. The number of rotatable bonds is 5. The first-order chi connectivity index (χ1) is 7.86. The van der Waals surface area contributed by atoms with E-state index in [-0.39, 0.29) is 4.90 Å². The number of likely N-dealkylation sites (N-methyl/N-ethyl adjacent to an activating group) is 1. The van der Waals surface area contributed by atoms with E-state index in [9.17, 15) is 13.5 Å². The van der Waals surface area contributed by atoms with Crippen LogP contribution in [0.5, 0.6) is 0 Å². The van der Waals surface area contributed by atoms with Crippen LogP contribution in [0.2, 0.25) is 0 Å². The molecule has 5 nitrogen and oxygen atoms in total. The molecule has 17 heavy (non-hydrogen) atoms. The summed E-state index contributed by atoms with van der Waals surface area (Å²) < 4.78 is 25.2. The van der Waals surface area contributed by atoms with Crippen LogP contribution in [-0.4, -0.2) is 40.3 Å². The lowest BCUT2D eigenvalue weighted by Crippen LogP contribution is -2.26. The molecule has 1 rings (SSSR count). The Hall–Kier alpha value is -1.11. The molecule has 0 aliphatic rings. The fraction of sp³-hybridized carbons (Fsp3) is 0.455. The molecule has 0 aliphatic carbocycles. The average molecular weight is 258 g/mol. The number of nitrogens with zero attached hydrogens (tertiary/aromatic N) is 1. The smallest absolute Gasteiger partial charge is 0.240 e. The predicted octanol–water partition coefficient (Wildman–Crippen LogP) is 0.412. The molecule has 0 amide bonds. The Kier molecular flexibility index (Phi) is 4.50. The van der Waals surface area contributed by atoms with E-state index < -0.39 is 16.1 Å². The van der Waals surface area contributed by atoms with Gasteiger partial charge in [-0.1, -0.05) is 0 Å². The lowest BCUT2D eigenvalue weighted by molar-refractivity contribution is 0.201. The van der Waals surface area contributed by atoms with Crippen LogP contribution < -0.4 is 9.62 Å². The summed E-state index contributed by atoms with van der Waals surface area (Å²) in [6, 6.07) is 6.51. The summed E-state index contributed by atoms with van der Waals surface area (Å²) >= 11 is 0. The molecule has 0 fully saturated rings. The average Bonchev–Trinajstić information content (AvgIpc) is 2.28. The second kappa shape index (κ2) is 5.48. The molecular formula is C11H18N2O3S. The third kappa shape index (κ3) is 3.69. The van der Waals surface area contributed by atoms with Crippen molar-refractivity contribution in [2.45, 2.75) is 17.9 Å². The molecule has 96 valence electrons. The van der Waals surface area contributed by atoms with Crippen molar-refractivity contribution in [3.8, 4) is 0 Å². The molecule has 0 bridgehead atoms. The van der Waals surface area contributed by atoms with Crippen LogP contribution in [0, 0.1) is 0 Å². The van der Waals surface area contributed by atoms with Gasteiger partial charge in [-0.3, -0.25) is 0 Å². The highest BCUT2D eigenvalue weighted by molar-refractivity contribution is 7.89. The highest BCUT2D eigenvalue weighted by Crippen LogP contribution is 2.16. The first kappa shape index (κ1) is 14.0. The lowest BCUT2D eigenvalue weighted by Gasteiger charge is -2.21. The summed E-state index contributed by atoms with van der Waals surface area (Å²) in [4.78, 5) is 2.09. The first-order valence-corrected chi connectivity index (χ1v) is 6.78. The van der Waals surface area contributed by atoms with Gasteiger partial charge in [0.05, 0.1) is 11.0 Å². The van der Waals surface area contributed by atoms with Gasteiger partial charge in [0.15, 0.2) is 0 Å². The Morgan fingerprint density at radius 3 is 2.29 bits per heavy atom. The molecule has 1 atom stereocenters. The van der Waals surface area contributed by atoms with E-state index in [0.717, 1.165) is 5.69 Å². The minimum atomic E-state index is -3.38. The first-order valence-electron chi connectivity index (χ1n) is 5.29. The topological polar surface area (TPSA) is 69.6 Å². The maximum absolute atomic E-state index is 11.5. The van der Waals surface area contributed by atoms with Crippen LogP contribution in [0.25, 0.3) is 0 Å². The fourth-order valence-corrected chi connectivity index (χ4v) is 2.23. The number of aliphatic hydroxyl groups excluding tert-OH is 1. The largest absolute Gasteiger partial charge is 0.392 e. The summed E-state index contributed by atoms with van der Waals surface area (Å²) in [5.41, 5.74) is 0.862. The van der Waals surface area contributed by atoms with E-state index in [1.165, 1.54) is 7.05 Å². The highest BCUT2D eigenvalue weighted by atomic mass is 32.2. The van der Waals surface area contributed by atoms with Gasteiger partial charge in [-0.05, 0) is 38.2 Å². The Labute approximate surface area is 102 Å². The minimum absolute atomic E-state index is 0.231. The van der Waals surface area contributed by atoms with Crippen molar-refractivity contribution in [2.24, 2.45) is 0 Å². The summed E-state index contributed by atoms with van der Waals surface area (Å²) in [5.74, 6) is 0. The third-order valence-corrected chi connectivity index (χ3v) is 3.82. The second-order valence-corrected chi connectivity index (χ2v) is 5.82. The maximum Gasteiger partial charge on any atom is 0.240 e. The van der Waals surface area contributed by atoms with Crippen molar-refractivity contribution in [1.82, 2.24) is 4.72 Å². The van der Waals surface area contributed by atoms with Crippen LogP contribution in [0.15, 0.2) is 29.2 Å². The van der Waals surface area contributed by atoms with Crippen LogP contribution in [0.1, 0.15) is 6.92 Å². The van der Waals surface area contributed by atoms with Crippen LogP contribution in [0.4, 0.5) is 5.69 Å². The standard InChI is InChI=1S/C11H18N2O3S/c1-9(14)8-13(3)10-4-6-11(7-5-10)17(15,16)12-2/h4-7,9,12,14H,8H2,1-3H3.